The highest BCUT2D eigenvalue weighted by molar-refractivity contribution is 6.74. The normalized spacial score (nSPS) is 15.4. The van der Waals surface area contributed by atoms with E-state index < -0.39 is 8.32 Å². The Morgan fingerprint density at radius 3 is 2.00 bits per heavy atom. The van der Waals surface area contributed by atoms with Crippen molar-refractivity contribution in [1.29, 1.82) is 5.26 Å². The topological polar surface area (TPSA) is 33.0 Å². The van der Waals surface area contributed by atoms with Crippen LogP contribution in [-0.2, 0) is 4.43 Å². The van der Waals surface area contributed by atoms with Gasteiger partial charge in [-0.05, 0) is 25.1 Å². The van der Waals surface area contributed by atoms with Crippen molar-refractivity contribution in [3.05, 3.63) is 0 Å². The van der Waals surface area contributed by atoms with Gasteiger partial charge in [0.05, 0.1) is 6.07 Å². The summed E-state index contributed by atoms with van der Waals surface area (Å²) < 4.78 is 5.73. The van der Waals surface area contributed by atoms with E-state index in [2.05, 4.69) is 39.9 Å². The predicted molar refractivity (Wildman–Crippen MR) is 53.4 cm³/mol. The zero-order valence-electron chi connectivity index (χ0n) is 8.93. The summed E-state index contributed by atoms with van der Waals surface area (Å²) in [7, 11) is -1.71. The van der Waals surface area contributed by atoms with Gasteiger partial charge in [-0.1, -0.05) is 20.8 Å². The molecule has 0 aromatic rings. The lowest BCUT2D eigenvalue weighted by atomic mass is 10.2. The summed E-state index contributed by atoms with van der Waals surface area (Å²) in [6.07, 6.45) is -0.272. The maximum atomic E-state index is 8.61. The average molecular weight is 185 g/mol. The molecule has 0 rings (SSSR count). The van der Waals surface area contributed by atoms with Crippen LogP contribution in [0, 0.1) is 11.3 Å². The molecule has 0 saturated heterocycles. The first-order chi connectivity index (χ1) is 5.20. The van der Waals surface area contributed by atoms with Crippen LogP contribution in [0.3, 0.4) is 0 Å². The van der Waals surface area contributed by atoms with Gasteiger partial charge in [0.1, 0.15) is 6.10 Å². The SMILES string of the molecule is C[C@H](C#N)O[Si](C)(C)C(C)(C)C. The van der Waals surface area contributed by atoms with Gasteiger partial charge < -0.3 is 4.43 Å². The van der Waals surface area contributed by atoms with Gasteiger partial charge in [0.25, 0.3) is 0 Å². The number of nitrogens with zero attached hydrogens (tertiary/aromatic N) is 1. The Balaban J connectivity index is 4.35. The number of nitriles is 1. The lowest BCUT2D eigenvalue weighted by molar-refractivity contribution is 0.249. The summed E-state index contributed by atoms with van der Waals surface area (Å²) in [5, 5.41) is 8.80. The van der Waals surface area contributed by atoms with Gasteiger partial charge in [-0.3, -0.25) is 0 Å². The van der Waals surface area contributed by atoms with Crippen molar-refractivity contribution in [1.82, 2.24) is 0 Å². The van der Waals surface area contributed by atoms with Crippen molar-refractivity contribution in [2.75, 3.05) is 0 Å². The molecule has 0 fully saturated rings. The average Bonchev–Trinajstić information content (AvgIpc) is 1.84. The van der Waals surface area contributed by atoms with Gasteiger partial charge in [0.2, 0.25) is 0 Å². The van der Waals surface area contributed by atoms with Crippen molar-refractivity contribution in [2.45, 2.75) is 51.9 Å². The zero-order valence-corrected chi connectivity index (χ0v) is 9.93. The Kier molecular flexibility index (Phi) is 3.49. The smallest absolute Gasteiger partial charge is 0.193 e. The minimum absolute atomic E-state index is 0.193. The van der Waals surface area contributed by atoms with E-state index in [0.29, 0.717) is 0 Å². The fraction of sp³-hybridized carbons (Fsp3) is 0.889. The van der Waals surface area contributed by atoms with Gasteiger partial charge in [-0.2, -0.15) is 5.26 Å². The van der Waals surface area contributed by atoms with E-state index >= 15 is 0 Å². The molecular weight excluding hydrogens is 166 g/mol. The Morgan fingerprint density at radius 1 is 1.33 bits per heavy atom. The summed E-state index contributed by atoms with van der Waals surface area (Å²) >= 11 is 0. The third-order valence-corrected chi connectivity index (χ3v) is 7.01. The minimum Gasteiger partial charge on any atom is -0.401 e. The summed E-state index contributed by atoms with van der Waals surface area (Å²) in [5.74, 6) is 0. The highest BCUT2D eigenvalue weighted by Gasteiger charge is 2.38. The molecule has 0 bridgehead atoms. The second kappa shape index (κ2) is 3.59. The van der Waals surface area contributed by atoms with E-state index in [1.165, 1.54) is 0 Å². The van der Waals surface area contributed by atoms with E-state index in [1.54, 1.807) is 6.92 Å². The minimum atomic E-state index is -1.71. The van der Waals surface area contributed by atoms with Crippen molar-refractivity contribution in [3.63, 3.8) is 0 Å². The Bertz CT molecular complexity index is 188. The molecule has 0 aliphatic carbocycles. The van der Waals surface area contributed by atoms with Crippen LogP contribution in [0.5, 0.6) is 0 Å². The molecular formula is C9H19NOSi. The highest BCUT2D eigenvalue weighted by Crippen LogP contribution is 2.37. The van der Waals surface area contributed by atoms with E-state index in [-0.39, 0.29) is 11.1 Å². The van der Waals surface area contributed by atoms with Crippen LogP contribution in [0.1, 0.15) is 27.7 Å². The van der Waals surface area contributed by atoms with E-state index in [0.717, 1.165) is 0 Å². The van der Waals surface area contributed by atoms with Gasteiger partial charge >= 0.3 is 0 Å². The Hall–Kier alpha value is -0.333. The Labute approximate surface area is 76.7 Å². The molecule has 0 aromatic carbocycles. The molecule has 0 saturated carbocycles. The molecule has 3 heteroatoms. The third kappa shape index (κ3) is 2.96. The van der Waals surface area contributed by atoms with Crippen LogP contribution >= 0.6 is 0 Å². The van der Waals surface area contributed by atoms with E-state index in [4.69, 9.17) is 9.69 Å². The quantitative estimate of drug-likeness (QED) is 0.620. The van der Waals surface area contributed by atoms with Gasteiger partial charge in [0, 0.05) is 0 Å². The van der Waals surface area contributed by atoms with Gasteiger partial charge in [-0.15, -0.1) is 0 Å². The van der Waals surface area contributed by atoms with Crippen LogP contribution in [0.2, 0.25) is 18.1 Å². The molecule has 0 spiro atoms. The summed E-state index contributed by atoms with van der Waals surface area (Å²) in [6, 6.07) is 2.11. The highest BCUT2D eigenvalue weighted by atomic mass is 28.4. The maximum Gasteiger partial charge on any atom is 0.193 e. The Morgan fingerprint density at radius 2 is 1.75 bits per heavy atom. The van der Waals surface area contributed by atoms with Crippen molar-refractivity contribution in [2.24, 2.45) is 0 Å². The third-order valence-electron chi connectivity index (χ3n) is 2.46. The molecule has 0 aliphatic heterocycles. The lowest BCUT2D eigenvalue weighted by Crippen LogP contribution is -2.42. The predicted octanol–water partition coefficient (Wildman–Crippen LogP) is 2.92. The first-order valence-electron chi connectivity index (χ1n) is 4.28. The largest absolute Gasteiger partial charge is 0.401 e. The molecule has 70 valence electrons. The standard InChI is InChI=1S/C9H19NOSi/c1-8(7-10)11-12(5,6)9(2,3)4/h8H,1-6H3/t8-/m1/s1. The fourth-order valence-electron chi connectivity index (χ4n) is 0.645. The first kappa shape index (κ1) is 11.7. The maximum absolute atomic E-state index is 8.61. The first-order valence-corrected chi connectivity index (χ1v) is 7.19. The molecule has 0 heterocycles. The number of hydrogen-bond acceptors (Lipinski definition) is 2. The second-order valence-corrected chi connectivity index (χ2v) is 9.41. The molecule has 0 N–H and O–H groups in total. The number of hydrogen-bond donors (Lipinski definition) is 0. The van der Waals surface area contributed by atoms with E-state index in [1.807, 2.05) is 0 Å². The summed E-state index contributed by atoms with van der Waals surface area (Å²) in [4.78, 5) is 0. The van der Waals surface area contributed by atoms with Crippen LogP contribution in [0.25, 0.3) is 0 Å². The zero-order chi connectivity index (χ0) is 9.99. The van der Waals surface area contributed by atoms with Crippen LogP contribution in [0.4, 0.5) is 0 Å². The van der Waals surface area contributed by atoms with E-state index in [9.17, 15) is 0 Å². The van der Waals surface area contributed by atoms with Gasteiger partial charge in [0.15, 0.2) is 8.32 Å². The van der Waals surface area contributed by atoms with Crippen molar-refractivity contribution < 1.29 is 4.43 Å². The van der Waals surface area contributed by atoms with Crippen LogP contribution in [0.15, 0.2) is 0 Å². The summed E-state index contributed by atoms with van der Waals surface area (Å²) in [6.45, 7) is 12.6. The summed E-state index contributed by atoms with van der Waals surface area (Å²) in [5.41, 5.74) is 0. The molecule has 12 heavy (non-hydrogen) atoms. The molecule has 2 nitrogen and oxygen atoms in total. The lowest BCUT2D eigenvalue weighted by Gasteiger charge is -2.36. The molecule has 0 aliphatic rings. The van der Waals surface area contributed by atoms with Crippen molar-refractivity contribution >= 4 is 8.32 Å². The second-order valence-electron chi connectivity index (χ2n) is 4.65. The number of rotatable bonds is 2. The fourth-order valence-corrected chi connectivity index (χ4v) is 1.94. The van der Waals surface area contributed by atoms with Crippen LogP contribution < -0.4 is 0 Å². The van der Waals surface area contributed by atoms with Crippen LogP contribution in [-0.4, -0.2) is 14.4 Å². The molecule has 0 aromatic heterocycles. The molecule has 0 amide bonds. The molecule has 0 unspecified atom stereocenters. The van der Waals surface area contributed by atoms with Crippen molar-refractivity contribution in [3.8, 4) is 6.07 Å². The van der Waals surface area contributed by atoms with Gasteiger partial charge in [-0.25, -0.2) is 0 Å². The molecule has 0 radical (unpaired) electrons. The monoisotopic (exact) mass is 185 g/mol. The molecule has 1 atom stereocenters.